The molecule has 1 aromatic rings. The number of carbonyl (C=O) groups excluding carboxylic acids is 1. The third-order valence-corrected chi connectivity index (χ3v) is 3.03. The molecule has 2 heterocycles. The third kappa shape index (κ3) is 4.11. The number of rotatable bonds is 2. The first-order valence-corrected chi connectivity index (χ1v) is 6.90. The number of amides is 1. The number of aryl methyl sites for hydroxylation is 1. The van der Waals surface area contributed by atoms with E-state index in [1.165, 1.54) is 5.57 Å². The summed E-state index contributed by atoms with van der Waals surface area (Å²) in [5.74, 6) is 1.56. The smallest absolute Gasteiger partial charge is 0.410 e. The van der Waals surface area contributed by atoms with Crippen LogP contribution < -0.4 is 0 Å². The van der Waals surface area contributed by atoms with Crippen molar-refractivity contribution >= 4 is 6.09 Å². The van der Waals surface area contributed by atoms with Crippen molar-refractivity contribution in [2.45, 2.75) is 46.1 Å². The number of ether oxygens (including phenoxy) is 1. The average molecular weight is 278 g/mol. The highest BCUT2D eigenvalue weighted by Gasteiger charge is 2.23. The van der Waals surface area contributed by atoms with Crippen LogP contribution in [0.15, 0.2) is 22.3 Å². The molecule has 0 atom stereocenters. The van der Waals surface area contributed by atoms with Crippen LogP contribution in [0.2, 0.25) is 0 Å². The van der Waals surface area contributed by atoms with Crippen molar-refractivity contribution in [2.24, 2.45) is 0 Å². The summed E-state index contributed by atoms with van der Waals surface area (Å²) in [5, 5.41) is 0. The van der Waals surface area contributed by atoms with Gasteiger partial charge >= 0.3 is 6.09 Å². The molecule has 1 aromatic heterocycles. The van der Waals surface area contributed by atoms with E-state index >= 15 is 0 Å². The van der Waals surface area contributed by atoms with Crippen LogP contribution in [-0.2, 0) is 11.2 Å². The number of hydrogen-bond acceptors (Lipinski definition) is 4. The molecule has 0 saturated heterocycles. The Morgan fingerprint density at radius 2 is 2.25 bits per heavy atom. The Morgan fingerprint density at radius 3 is 2.75 bits per heavy atom. The first kappa shape index (κ1) is 14.6. The lowest BCUT2D eigenvalue weighted by atomic mass is 10.0. The minimum absolute atomic E-state index is 0.247. The van der Waals surface area contributed by atoms with Crippen molar-refractivity contribution < 1.29 is 13.9 Å². The van der Waals surface area contributed by atoms with Gasteiger partial charge in [-0.3, -0.25) is 0 Å². The van der Waals surface area contributed by atoms with E-state index in [9.17, 15) is 4.79 Å². The molecule has 110 valence electrons. The number of carbonyl (C=O) groups is 1. The molecule has 0 spiro atoms. The molecule has 1 aliphatic rings. The topological polar surface area (TPSA) is 55.6 Å². The number of aromatic nitrogens is 1. The molecule has 0 unspecified atom stereocenters. The lowest BCUT2D eigenvalue weighted by Crippen LogP contribution is -2.39. The van der Waals surface area contributed by atoms with Crippen LogP contribution in [0.5, 0.6) is 0 Å². The van der Waals surface area contributed by atoms with E-state index in [0.29, 0.717) is 19.0 Å². The molecule has 0 bridgehead atoms. The van der Waals surface area contributed by atoms with E-state index in [-0.39, 0.29) is 6.09 Å². The molecular weight excluding hydrogens is 256 g/mol. The van der Waals surface area contributed by atoms with Crippen LogP contribution in [0.4, 0.5) is 4.79 Å². The number of hydrogen-bond donors (Lipinski definition) is 0. The van der Waals surface area contributed by atoms with E-state index in [1.54, 1.807) is 11.1 Å². The zero-order valence-corrected chi connectivity index (χ0v) is 12.6. The second kappa shape index (κ2) is 5.69. The predicted molar refractivity (Wildman–Crippen MR) is 75.5 cm³/mol. The SMILES string of the molecule is Cc1ncc(CC2=CCN(C(=O)OC(C)(C)C)CC2)o1. The summed E-state index contributed by atoms with van der Waals surface area (Å²) in [6.07, 6.45) is 5.20. The van der Waals surface area contributed by atoms with Gasteiger partial charge in [0.25, 0.3) is 0 Å². The van der Waals surface area contributed by atoms with Crippen molar-refractivity contribution in [3.05, 3.63) is 29.5 Å². The van der Waals surface area contributed by atoms with Gasteiger partial charge in [0.2, 0.25) is 0 Å². The van der Waals surface area contributed by atoms with Gasteiger partial charge in [-0.1, -0.05) is 11.6 Å². The lowest BCUT2D eigenvalue weighted by Gasteiger charge is -2.29. The summed E-state index contributed by atoms with van der Waals surface area (Å²) in [6, 6.07) is 0. The first-order valence-electron chi connectivity index (χ1n) is 6.90. The van der Waals surface area contributed by atoms with Gasteiger partial charge in [-0.15, -0.1) is 0 Å². The fraction of sp³-hybridized carbons (Fsp3) is 0.600. The predicted octanol–water partition coefficient (Wildman–Crippen LogP) is 3.09. The van der Waals surface area contributed by atoms with E-state index in [4.69, 9.17) is 9.15 Å². The van der Waals surface area contributed by atoms with Crippen molar-refractivity contribution in [3.8, 4) is 0 Å². The monoisotopic (exact) mass is 278 g/mol. The number of nitrogens with zero attached hydrogens (tertiary/aromatic N) is 2. The fourth-order valence-electron chi connectivity index (χ4n) is 2.07. The Kier molecular flexibility index (Phi) is 4.16. The van der Waals surface area contributed by atoms with Crippen LogP contribution in [-0.4, -0.2) is 34.7 Å². The zero-order valence-electron chi connectivity index (χ0n) is 12.6. The van der Waals surface area contributed by atoms with Gasteiger partial charge in [-0.05, 0) is 27.2 Å². The van der Waals surface area contributed by atoms with Crippen LogP contribution in [0, 0.1) is 6.92 Å². The maximum atomic E-state index is 11.9. The van der Waals surface area contributed by atoms with Crippen molar-refractivity contribution in [1.29, 1.82) is 0 Å². The molecular formula is C15H22N2O3. The van der Waals surface area contributed by atoms with Gasteiger partial charge in [0.05, 0.1) is 6.20 Å². The Morgan fingerprint density at radius 1 is 1.50 bits per heavy atom. The van der Waals surface area contributed by atoms with Gasteiger partial charge in [0, 0.05) is 26.4 Å². The summed E-state index contributed by atoms with van der Waals surface area (Å²) in [4.78, 5) is 17.7. The highest BCUT2D eigenvalue weighted by atomic mass is 16.6. The van der Waals surface area contributed by atoms with Crippen molar-refractivity contribution in [3.63, 3.8) is 0 Å². The zero-order chi connectivity index (χ0) is 14.8. The lowest BCUT2D eigenvalue weighted by molar-refractivity contribution is 0.0265. The fourth-order valence-corrected chi connectivity index (χ4v) is 2.07. The normalized spacial score (nSPS) is 16.0. The minimum atomic E-state index is -0.446. The summed E-state index contributed by atoms with van der Waals surface area (Å²) in [7, 11) is 0. The van der Waals surface area contributed by atoms with Crippen molar-refractivity contribution in [1.82, 2.24) is 9.88 Å². The molecule has 2 rings (SSSR count). The van der Waals surface area contributed by atoms with Gasteiger partial charge < -0.3 is 14.1 Å². The van der Waals surface area contributed by atoms with Gasteiger partial charge in [-0.25, -0.2) is 9.78 Å². The summed E-state index contributed by atoms with van der Waals surface area (Å²) in [6.45, 7) is 8.75. The second-order valence-electron chi connectivity index (χ2n) is 6.06. The van der Waals surface area contributed by atoms with E-state index < -0.39 is 5.60 Å². The molecule has 5 nitrogen and oxygen atoms in total. The highest BCUT2D eigenvalue weighted by Crippen LogP contribution is 2.18. The second-order valence-corrected chi connectivity index (χ2v) is 6.06. The van der Waals surface area contributed by atoms with Crippen LogP contribution in [0.25, 0.3) is 0 Å². The van der Waals surface area contributed by atoms with Crippen LogP contribution >= 0.6 is 0 Å². The Bertz CT molecular complexity index is 511. The summed E-state index contributed by atoms with van der Waals surface area (Å²) in [5.41, 5.74) is 0.833. The average Bonchev–Trinajstić information content (AvgIpc) is 2.73. The van der Waals surface area contributed by atoms with Crippen LogP contribution in [0.1, 0.15) is 38.8 Å². The van der Waals surface area contributed by atoms with E-state index in [1.807, 2.05) is 27.7 Å². The molecule has 0 radical (unpaired) electrons. The summed E-state index contributed by atoms with van der Waals surface area (Å²) < 4.78 is 10.8. The van der Waals surface area contributed by atoms with E-state index in [2.05, 4.69) is 11.1 Å². The van der Waals surface area contributed by atoms with Crippen molar-refractivity contribution in [2.75, 3.05) is 13.1 Å². The molecule has 20 heavy (non-hydrogen) atoms. The molecule has 0 aliphatic carbocycles. The van der Waals surface area contributed by atoms with Gasteiger partial charge in [0.15, 0.2) is 5.89 Å². The number of oxazole rings is 1. The van der Waals surface area contributed by atoms with E-state index in [0.717, 1.165) is 18.6 Å². The Labute approximate surface area is 119 Å². The van der Waals surface area contributed by atoms with Gasteiger partial charge in [0.1, 0.15) is 11.4 Å². The molecule has 0 saturated carbocycles. The molecule has 0 N–H and O–H groups in total. The molecule has 1 aliphatic heterocycles. The highest BCUT2D eigenvalue weighted by molar-refractivity contribution is 5.68. The third-order valence-electron chi connectivity index (χ3n) is 3.03. The molecule has 1 amide bonds. The van der Waals surface area contributed by atoms with Crippen LogP contribution in [0.3, 0.4) is 0 Å². The quantitative estimate of drug-likeness (QED) is 0.780. The largest absolute Gasteiger partial charge is 0.446 e. The molecule has 0 fully saturated rings. The Hall–Kier alpha value is -1.78. The van der Waals surface area contributed by atoms with Gasteiger partial charge in [-0.2, -0.15) is 0 Å². The standard InChI is InChI=1S/C15H22N2O3/c1-11-16-10-13(19-11)9-12-5-7-17(8-6-12)14(18)20-15(2,3)4/h5,10H,6-9H2,1-4H3. The maximum absolute atomic E-state index is 11.9. The molecule has 5 heteroatoms. The maximum Gasteiger partial charge on any atom is 0.410 e. The minimum Gasteiger partial charge on any atom is -0.446 e. The Balaban J connectivity index is 1.88. The first-order chi connectivity index (χ1) is 9.33. The summed E-state index contributed by atoms with van der Waals surface area (Å²) >= 11 is 0. The molecule has 0 aromatic carbocycles.